The Hall–Kier alpha value is -3.53. The molecular weight excluding hydrogens is 458 g/mol. The molecule has 4 aromatic rings. The molecule has 4 N–H and O–H groups in total. The quantitative estimate of drug-likeness (QED) is 0.282. The Kier molecular flexibility index (Phi) is 7.13. The summed E-state index contributed by atoms with van der Waals surface area (Å²) in [5.74, 6) is -0.113. The second kappa shape index (κ2) is 10.6. The van der Waals surface area contributed by atoms with E-state index in [1.54, 1.807) is 19.5 Å². The Bertz CT molecular complexity index is 1320. The number of methoxy groups -OCH3 is 1. The first-order chi connectivity index (χ1) is 17.5. The molecule has 1 saturated heterocycles. The highest BCUT2D eigenvalue weighted by Gasteiger charge is 2.26. The molecule has 1 aliphatic rings. The predicted octanol–water partition coefficient (Wildman–Crippen LogP) is 3.42. The molecule has 0 saturated carbocycles. The smallest absolute Gasteiger partial charge is 0.305 e. The number of fused-ring (bicyclic) bond motifs is 2. The fourth-order valence-corrected chi connectivity index (χ4v) is 5.07. The average Bonchev–Trinajstić information content (AvgIpc) is 3.33. The number of carboxylic acids is 1. The molecular formula is C27H31N5O4. The molecule has 2 atom stereocenters. The maximum absolute atomic E-state index is 11.6. The Balaban J connectivity index is 1.22. The molecule has 36 heavy (non-hydrogen) atoms. The molecule has 9 nitrogen and oxygen atoms in total. The number of nitrogens with one attached hydrogen (secondary N) is 2. The summed E-state index contributed by atoms with van der Waals surface area (Å²) in [5.41, 5.74) is 3.26. The lowest BCUT2D eigenvalue weighted by Crippen LogP contribution is -2.45. The van der Waals surface area contributed by atoms with Crippen molar-refractivity contribution < 1.29 is 19.7 Å². The second-order valence-electron chi connectivity index (χ2n) is 9.36. The summed E-state index contributed by atoms with van der Waals surface area (Å²) < 4.78 is 5.35. The Labute approximate surface area is 209 Å². The summed E-state index contributed by atoms with van der Waals surface area (Å²) in [4.78, 5) is 25.8. The molecule has 1 aliphatic heterocycles. The van der Waals surface area contributed by atoms with Crippen molar-refractivity contribution in [3.63, 3.8) is 0 Å². The zero-order valence-electron chi connectivity index (χ0n) is 20.2. The van der Waals surface area contributed by atoms with Crippen molar-refractivity contribution >= 4 is 27.9 Å². The van der Waals surface area contributed by atoms with Crippen LogP contribution in [0.1, 0.15) is 42.7 Å². The number of piperidine rings is 1. The summed E-state index contributed by atoms with van der Waals surface area (Å²) in [7, 11) is 1.63. The summed E-state index contributed by atoms with van der Waals surface area (Å²) in [6.07, 6.45) is 4.53. The van der Waals surface area contributed by atoms with Crippen molar-refractivity contribution in [3.8, 4) is 5.75 Å². The number of carbonyl (C=O) groups is 1. The lowest BCUT2D eigenvalue weighted by molar-refractivity contribution is -0.137. The van der Waals surface area contributed by atoms with Gasteiger partial charge in [0.2, 0.25) is 0 Å². The number of hydrogen-bond donors (Lipinski definition) is 4. The number of aliphatic carboxylic acids is 1. The van der Waals surface area contributed by atoms with E-state index in [0.717, 1.165) is 64.9 Å². The minimum atomic E-state index is -0.846. The highest BCUT2D eigenvalue weighted by Crippen LogP contribution is 2.28. The van der Waals surface area contributed by atoms with Crippen LogP contribution in [0, 0.1) is 0 Å². The van der Waals surface area contributed by atoms with E-state index in [1.165, 1.54) is 0 Å². The maximum atomic E-state index is 11.6. The maximum Gasteiger partial charge on any atom is 0.305 e. The zero-order chi connectivity index (χ0) is 25.1. The van der Waals surface area contributed by atoms with Crippen LogP contribution in [0.3, 0.4) is 0 Å². The number of aromatic nitrogens is 3. The zero-order valence-corrected chi connectivity index (χ0v) is 20.2. The van der Waals surface area contributed by atoms with Gasteiger partial charge in [-0.15, -0.1) is 0 Å². The molecule has 4 heterocycles. The minimum absolute atomic E-state index is 0.00959. The van der Waals surface area contributed by atoms with Crippen LogP contribution in [0.25, 0.3) is 21.9 Å². The second-order valence-corrected chi connectivity index (χ2v) is 9.36. The number of aromatic amines is 1. The number of aliphatic hydroxyl groups is 1. The third kappa shape index (κ3) is 5.33. The van der Waals surface area contributed by atoms with Crippen LogP contribution in [0.4, 0.5) is 0 Å². The van der Waals surface area contributed by atoms with Gasteiger partial charge < -0.3 is 30.2 Å². The summed E-state index contributed by atoms with van der Waals surface area (Å²) >= 11 is 0. The van der Waals surface area contributed by atoms with Gasteiger partial charge in [-0.2, -0.15) is 0 Å². The first-order valence-electron chi connectivity index (χ1n) is 12.2. The molecule has 0 amide bonds. The largest absolute Gasteiger partial charge is 0.497 e. The van der Waals surface area contributed by atoms with E-state index < -0.39 is 12.1 Å². The van der Waals surface area contributed by atoms with Crippen molar-refractivity contribution in [2.45, 2.75) is 37.5 Å². The standard InChI is InChI=1S/C27H31N5O4/c1-36-19-4-5-22-21(14-19)20(6-10-28-22)25(33)16-32-11-7-18(8-12-32)30-24(15-26(34)35)23-13-17-3-2-9-29-27(17)31-23/h2-6,9-10,13-14,18,24-25,30,33H,7-8,11-12,15-16H2,1H3,(H,29,31)(H,34,35)/t24?,25-/m0/s1. The van der Waals surface area contributed by atoms with Crippen molar-refractivity contribution in [1.82, 2.24) is 25.2 Å². The summed E-state index contributed by atoms with van der Waals surface area (Å²) in [6, 6.07) is 13.2. The highest BCUT2D eigenvalue weighted by atomic mass is 16.5. The molecule has 1 fully saturated rings. The van der Waals surface area contributed by atoms with Gasteiger partial charge >= 0.3 is 5.97 Å². The minimum Gasteiger partial charge on any atom is -0.497 e. The van der Waals surface area contributed by atoms with Crippen LogP contribution in [0.15, 0.2) is 54.9 Å². The molecule has 0 bridgehead atoms. The van der Waals surface area contributed by atoms with Crippen LogP contribution in [0.2, 0.25) is 0 Å². The third-order valence-electron chi connectivity index (χ3n) is 6.96. The molecule has 9 heteroatoms. The number of nitrogens with zero attached hydrogens (tertiary/aromatic N) is 3. The van der Waals surface area contributed by atoms with Gasteiger partial charge in [0, 0.05) is 41.4 Å². The van der Waals surface area contributed by atoms with E-state index in [-0.39, 0.29) is 18.5 Å². The average molecular weight is 490 g/mol. The van der Waals surface area contributed by atoms with E-state index in [1.807, 2.05) is 42.5 Å². The van der Waals surface area contributed by atoms with E-state index in [0.29, 0.717) is 6.54 Å². The van der Waals surface area contributed by atoms with E-state index in [4.69, 9.17) is 4.74 Å². The van der Waals surface area contributed by atoms with Crippen LogP contribution < -0.4 is 10.1 Å². The fourth-order valence-electron chi connectivity index (χ4n) is 5.07. The monoisotopic (exact) mass is 489 g/mol. The highest BCUT2D eigenvalue weighted by molar-refractivity contribution is 5.84. The van der Waals surface area contributed by atoms with Gasteiger partial charge in [0.05, 0.1) is 31.2 Å². The van der Waals surface area contributed by atoms with Gasteiger partial charge in [-0.25, -0.2) is 4.98 Å². The van der Waals surface area contributed by atoms with Gasteiger partial charge in [0.1, 0.15) is 11.4 Å². The van der Waals surface area contributed by atoms with Gasteiger partial charge in [-0.3, -0.25) is 9.78 Å². The molecule has 0 aliphatic carbocycles. The van der Waals surface area contributed by atoms with E-state index >= 15 is 0 Å². The molecule has 3 aromatic heterocycles. The molecule has 0 spiro atoms. The van der Waals surface area contributed by atoms with Crippen molar-refractivity contribution in [3.05, 3.63) is 66.1 Å². The molecule has 1 aromatic carbocycles. The molecule has 188 valence electrons. The number of ether oxygens (including phenoxy) is 1. The molecule has 5 rings (SSSR count). The summed E-state index contributed by atoms with van der Waals surface area (Å²) in [5, 5.41) is 26.0. The number of H-pyrrole nitrogens is 1. The molecule has 1 unspecified atom stereocenters. The normalized spacial score (nSPS) is 16.8. The number of pyridine rings is 2. The fraction of sp³-hybridized carbons (Fsp3) is 0.370. The topological polar surface area (TPSA) is 124 Å². The van der Waals surface area contributed by atoms with Gasteiger partial charge in [0.25, 0.3) is 0 Å². The predicted molar refractivity (Wildman–Crippen MR) is 137 cm³/mol. The molecule has 0 radical (unpaired) electrons. The van der Waals surface area contributed by atoms with Crippen LogP contribution in [-0.2, 0) is 4.79 Å². The van der Waals surface area contributed by atoms with Gasteiger partial charge in [-0.05, 0) is 74.0 Å². The van der Waals surface area contributed by atoms with Crippen molar-refractivity contribution in [2.24, 2.45) is 0 Å². The number of likely N-dealkylation sites (tertiary alicyclic amines) is 1. The van der Waals surface area contributed by atoms with Crippen LogP contribution in [-0.4, -0.2) is 68.8 Å². The summed E-state index contributed by atoms with van der Waals surface area (Å²) in [6.45, 7) is 2.15. The van der Waals surface area contributed by atoms with Crippen molar-refractivity contribution in [1.29, 1.82) is 0 Å². The van der Waals surface area contributed by atoms with Gasteiger partial charge in [-0.1, -0.05) is 0 Å². The number of hydrogen-bond acceptors (Lipinski definition) is 7. The van der Waals surface area contributed by atoms with Gasteiger partial charge in [0.15, 0.2) is 0 Å². The number of aliphatic hydroxyl groups excluding tert-OH is 1. The Morgan fingerprint density at radius 1 is 1.19 bits per heavy atom. The first kappa shape index (κ1) is 24.2. The first-order valence-corrected chi connectivity index (χ1v) is 12.2. The van der Waals surface area contributed by atoms with Crippen molar-refractivity contribution in [2.75, 3.05) is 26.7 Å². The number of rotatable bonds is 9. The SMILES string of the molecule is COc1ccc2nccc([C@@H](O)CN3CCC(NC(CC(=O)O)c4cc5cccnc5[nH]4)CC3)c2c1. The number of carboxylic acid groups (broad SMARTS) is 1. The lowest BCUT2D eigenvalue weighted by atomic mass is 9.99. The number of β-amino-alcohol motifs (C(OH)–C–C–N with tert-alkyl or cyclic N) is 1. The third-order valence-corrected chi connectivity index (χ3v) is 6.96. The van der Waals surface area contributed by atoms with E-state index in [2.05, 4.69) is 25.2 Å². The Morgan fingerprint density at radius 3 is 2.78 bits per heavy atom. The lowest BCUT2D eigenvalue weighted by Gasteiger charge is -2.35. The Morgan fingerprint density at radius 2 is 2.03 bits per heavy atom. The van der Waals surface area contributed by atoms with E-state index in [9.17, 15) is 15.0 Å². The van der Waals surface area contributed by atoms with Crippen LogP contribution in [0.5, 0.6) is 5.75 Å². The van der Waals surface area contributed by atoms with Crippen LogP contribution >= 0.6 is 0 Å². The number of benzene rings is 1.